The number of amides is 1. The van der Waals surface area contributed by atoms with Gasteiger partial charge in [0.2, 0.25) is 0 Å². The highest BCUT2D eigenvalue weighted by Gasteiger charge is 2.33. The van der Waals surface area contributed by atoms with Crippen molar-refractivity contribution in [2.75, 3.05) is 16.5 Å². The molecule has 5 aromatic rings. The van der Waals surface area contributed by atoms with Crippen molar-refractivity contribution in [3.8, 4) is 0 Å². The maximum Gasteiger partial charge on any atom is 0.323 e. The van der Waals surface area contributed by atoms with Gasteiger partial charge < -0.3 is 10.0 Å². The van der Waals surface area contributed by atoms with E-state index in [9.17, 15) is 9.59 Å². The van der Waals surface area contributed by atoms with Gasteiger partial charge in [0.25, 0.3) is 5.91 Å². The molecule has 1 aliphatic rings. The number of rotatable bonds is 10. The first kappa shape index (κ1) is 30.5. The molecule has 0 saturated carbocycles. The van der Waals surface area contributed by atoms with Crippen LogP contribution in [0.1, 0.15) is 11.1 Å². The minimum Gasteiger partial charge on any atom is -0.480 e. The second-order valence-corrected chi connectivity index (χ2v) is 11.9. The number of aliphatic carboxylic acids is 1. The molecule has 1 heterocycles. The number of hydrogen-bond donors (Lipinski definition) is 1. The Hall–Kier alpha value is -5.51. The lowest BCUT2D eigenvalue weighted by Gasteiger charge is -2.25. The number of carboxylic acids is 1. The molecule has 0 aliphatic carbocycles. The molecule has 6 rings (SSSR count). The molecule has 0 unspecified atom stereocenters. The lowest BCUT2D eigenvalue weighted by molar-refractivity contribution is -0.140. The summed E-state index contributed by atoms with van der Waals surface area (Å²) in [6, 6.07) is 46.3. The molecular weight excluding hydrogens is 613 g/mol. The van der Waals surface area contributed by atoms with Crippen molar-refractivity contribution in [1.29, 1.82) is 0 Å². The van der Waals surface area contributed by atoms with Gasteiger partial charge in [0, 0.05) is 17.1 Å². The van der Waals surface area contributed by atoms with Crippen LogP contribution in [0.15, 0.2) is 150 Å². The smallest absolute Gasteiger partial charge is 0.323 e. The Kier molecular flexibility index (Phi) is 9.33. The molecule has 1 amide bonds. The number of thiocarbonyl (C=S) groups is 1. The molecule has 0 bridgehead atoms. The molecule has 1 aliphatic heterocycles. The monoisotopic (exact) mass is 640 g/mol. The number of carboxylic acid groups (broad SMARTS) is 1. The van der Waals surface area contributed by atoms with Gasteiger partial charge in [-0.05, 0) is 77.9 Å². The third-order valence-corrected chi connectivity index (χ3v) is 8.48. The molecule has 7 nitrogen and oxygen atoms in total. The number of para-hydroxylation sites is 3. The summed E-state index contributed by atoms with van der Waals surface area (Å²) >= 11 is 6.31. The Morgan fingerprint density at radius 3 is 1.70 bits per heavy atom. The van der Waals surface area contributed by atoms with Gasteiger partial charge >= 0.3 is 5.97 Å². The molecule has 226 valence electrons. The molecule has 46 heavy (non-hydrogen) atoms. The third kappa shape index (κ3) is 7.07. The first-order valence-electron chi connectivity index (χ1n) is 14.4. The fourth-order valence-electron chi connectivity index (χ4n) is 4.92. The van der Waals surface area contributed by atoms with Crippen molar-refractivity contribution in [3.05, 3.63) is 156 Å². The van der Waals surface area contributed by atoms with E-state index in [1.165, 1.54) is 0 Å². The normalized spacial score (nSPS) is 13.8. The van der Waals surface area contributed by atoms with Crippen LogP contribution in [0, 0.1) is 0 Å². The Balaban J connectivity index is 1.24. The first-order chi connectivity index (χ1) is 22.5. The van der Waals surface area contributed by atoms with E-state index in [-0.39, 0.29) is 4.32 Å². The second-order valence-electron chi connectivity index (χ2n) is 10.2. The summed E-state index contributed by atoms with van der Waals surface area (Å²) in [4.78, 5) is 27.5. The van der Waals surface area contributed by atoms with E-state index in [4.69, 9.17) is 22.4 Å². The van der Waals surface area contributed by atoms with E-state index in [2.05, 4.69) is 41.3 Å². The molecule has 0 atom stereocenters. The molecule has 0 aromatic heterocycles. The zero-order valence-electron chi connectivity index (χ0n) is 24.5. The van der Waals surface area contributed by atoms with Gasteiger partial charge in [0.05, 0.1) is 22.5 Å². The molecule has 1 N–H and O–H groups in total. The molecule has 1 saturated heterocycles. The number of hydrazone groups is 1. The SMILES string of the molecule is O=C(O)CN1C(=O)C(=Cc2ccc(N(N=Cc3ccc(N(c4ccccc4)c4ccccc4)cc3)c3ccccc3)cc2)SC1=S. The summed E-state index contributed by atoms with van der Waals surface area (Å²) in [5.74, 6) is -1.51. The number of hydrogen-bond acceptors (Lipinski definition) is 7. The van der Waals surface area contributed by atoms with Crippen LogP contribution in [0.2, 0.25) is 0 Å². The standard InChI is InChI=1S/C37H28N4O3S2/c42-35(43)26-39-36(44)34(46-37(39)45)24-27-16-22-33(23-17-27)41(32-14-8-3-9-15-32)38-25-28-18-20-31(21-19-28)40(29-10-4-1-5-11-29)30-12-6-2-7-13-30/h1-25H,26H2,(H,42,43). The van der Waals surface area contributed by atoms with E-state index >= 15 is 0 Å². The number of carbonyl (C=O) groups excluding carboxylic acids is 1. The average molecular weight is 641 g/mol. The highest BCUT2D eigenvalue weighted by Crippen LogP contribution is 2.35. The first-order valence-corrected chi connectivity index (χ1v) is 15.7. The van der Waals surface area contributed by atoms with Crippen molar-refractivity contribution in [3.63, 3.8) is 0 Å². The van der Waals surface area contributed by atoms with Gasteiger partial charge in [0.15, 0.2) is 0 Å². The lowest BCUT2D eigenvalue weighted by atomic mass is 10.1. The lowest BCUT2D eigenvalue weighted by Crippen LogP contribution is -2.33. The summed E-state index contributed by atoms with van der Waals surface area (Å²) in [6.45, 7) is -0.452. The molecule has 1 fully saturated rings. The molecule has 0 spiro atoms. The summed E-state index contributed by atoms with van der Waals surface area (Å²) in [7, 11) is 0. The van der Waals surface area contributed by atoms with E-state index < -0.39 is 18.4 Å². The quantitative estimate of drug-likeness (QED) is 0.0709. The molecular formula is C37H28N4O3S2. The fraction of sp³-hybridized carbons (Fsp3) is 0.0270. The van der Waals surface area contributed by atoms with Crippen LogP contribution in [0.25, 0.3) is 6.08 Å². The number of anilines is 5. The van der Waals surface area contributed by atoms with Crippen LogP contribution in [-0.4, -0.2) is 39.0 Å². The van der Waals surface area contributed by atoms with Gasteiger partial charge in [-0.2, -0.15) is 5.10 Å². The zero-order valence-corrected chi connectivity index (χ0v) is 26.1. The van der Waals surface area contributed by atoms with Crippen molar-refractivity contribution in [2.45, 2.75) is 0 Å². The van der Waals surface area contributed by atoms with Crippen LogP contribution in [0.5, 0.6) is 0 Å². The van der Waals surface area contributed by atoms with E-state index in [0.717, 1.165) is 56.2 Å². The zero-order chi connectivity index (χ0) is 31.9. The van der Waals surface area contributed by atoms with Gasteiger partial charge in [-0.15, -0.1) is 0 Å². The second kappa shape index (κ2) is 14.1. The predicted octanol–water partition coefficient (Wildman–Crippen LogP) is 8.61. The van der Waals surface area contributed by atoms with Crippen LogP contribution >= 0.6 is 24.0 Å². The van der Waals surface area contributed by atoms with Crippen LogP contribution in [0.4, 0.5) is 28.4 Å². The molecule has 0 radical (unpaired) electrons. The van der Waals surface area contributed by atoms with Crippen molar-refractivity contribution < 1.29 is 14.7 Å². The van der Waals surface area contributed by atoms with Gasteiger partial charge in [-0.3, -0.25) is 14.5 Å². The fourth-order valence-corrected chi connectivity index (χ4v) is 6.18. The van der Waals surface area contributed by atoms with Gasteiger partial charge in [-0.25, -0.2) is 5.01 Å². The summed E-state index contributed by atoms with van der Waals surface area (Å²) in [5, 5.41) is 15.8. The summed E-state index contributed by atoms with van der Waals surface area (Å²) in [5.41, 5.74) is 6.61. The topological polar surface area (TPSA) is 76.5 Å². The number of benzene rings is 5. The van der Waals surface area contributed by atoms with E-state index in [1.807, 2.05) is 114 Å². The summed E-state index contributed by atoms with van der Waals surface area (Å²) in [6.07, 6.45) is 3.55. The van der Waals surface area contributed by atoms with Gasteiger partial charge in [0.1, 0.15) is 10.9 Å². The van der Waals surface area contributed by atoms with E-state index in [0.29, 0.717) is 4.91 Å². The number of thioether (sulfide) groups is 1. The van der Waals surface area contributed by atoms with Crippen LogP contribution < -0.4 is 9.91 Å². The van der Waals surface area contributed by atoms with Gasteiger partial charge in [-0.1, -0.05) is 103 Å². The minimum atomic E-state index is -1.11. The summed E-state index contributed by atoms with van der Waals surface area (Å²) < 4.78 is 0.237. The molecule has 9 heteroatoms. The van der Waals surface area contributed by atoms with Crippen molar-refractivity contribution in [1.82, 2.24) is 4.90 Å². The minimum absolute atomic E-state index is 0.237. The largest absolute Gasteiger partial charge is 0.480 e. The highest BCUT2D eigenvalue weighted by molar-refractivity contribution is 8.26. The van der Waals surface area contributed by atoms with Crippen molar-refractivity contribution in [2.24, 2.45) is 5.10 Å². The van der Waals surface area contributed by atoms with Crippen LogP contribution in [-0.2, 0) is 9.59 Å². The van der Waals surface area contributed by atoms with Crippen LogP contribution in [0.3, 0.4) is 0 Å². The Morgan fingerprint density at radius 2 is 1.15 bits per heavy atom. The molecule has 5 aromatic carbocycles. The average Bonchev–Trinajstić information content (AvgIpc) is 3.34. The Bertz CT molecular complexity index is 1860. The number of carbonyl (C=O) groups is 2. The maximum absolute atomic E-state index is 12.7. The predicted molar refractivity (Wildman–Crippen MR) is 191 cm³/mol. The highest BCUT2D eigenvalue weighted by atomic mass is 32.2. The maximum atomic E-state index is 12.7. The van der Waals surface area contributed by atoms with Crippen molar-refractivity contribution >= 4 is 80.9 Å². The van der Waals surface area contributed by atoms with E-state index in [1.54, 1.807) is 6.08 Å². The number of nitrogens with zero attached hydrogens (tertiary/aromatic N) is 4. The third-order valence-electron chi connectivity index (χ3n) is 7.11. The Morgan fingerprint density at radius 1 is 0.696 bits per heavy atom. The Labute approximate surface area is 276 Å².